The van der Waals surface area contributed by atoms with Gasteiger partial charge in [-0.15, -0.1) is 0 Å². The Bertz CT molecular complexity index is 992. The molecule has 1 saturated carbocycles. The van der Waals surface area contributed by atoms with Crippen LogP contribution in [0.2, 0.25) is 0 Å². The van der Waals surface area contributed by atoms with Crippen LogP contribution in [-0.2, 0) is 9.53 Å². The Morgan fingerprint density at radius 2 is 1.68 bits per heavy atom. The van der Waals surface area contributed by atoms with Gasteiger partial charge in [-0.05, 0) is 69.0 Å². The summed E-state index contributed by atoms with van der Waals surface area (Å²) in [5.74, 6) is -4.61. The number of hydrogen-bond acceptors (Lipinski definition) is 6. The van der Waals surface area contributed by atoms with Gasteiger partial charge in [0.25, 0.3) is 0 Å². The molecule has 2 aromatic rings. The molecule has 8 heteroatoms. The van der Waals surface area contributed by atoms with E-state index in [1.807, 2.05) is 6.92 Å². The van der Waals surface area contributed by atoms with Crippen LogP contribution < -0.4 is 9.47 Å². The molecular formula is C23H21F2NO5. The largest absolute Gasteiger partial charge is 0.426 e. The summed E-state index contributed by atoms with van der Waals surface area (Å²) in [7, 11) is 0. The van der Waals surface area contributed by atoms with E-state index < -0.39 is 28.9 Å². The standard InChI is InChI=1S/C23H21F2NO5/c1-2-29-17-8-3-14(4-9-17)22(27)30-18-10-5-15(6-11-18)23(28)31-19-12-7-16(13-26)20(24)21(19)25/h5-7,10-12,14,17H,2-4,8-9H2,1H3/t14-,17-. The van der Waals surface area contributed by atoms with Gasteiger partial charge >= 0.3 is 11.9 Å². The molecule has 1 aliphatic rings. The zero-order chi connectivity index (χ0) is 22.4. The van der Waals surface area contributed by atoms with E-state index in [1.54, 1.807) is 0 Å². The van der Waals surface area contributed by atoms with Gasteiger partial charge in [0.1, 0.15) is 11.8 Å². The maximum absolute atomic E-state index is 13.9. The Morgan fingerprint density at radius 1 is 1.00 bits per heavy atom. The fourth-order valence-electron chi connectivity index (χ4n) is 3.42. The monoisotopic (exact) mass is 429 g/mol. The highest BCUT2D eigenvalue weighted by atomic mass is 19.2. The normalized spacial score (nSPS) is 18.1. The minimum Gasteiger partial charge on any atom is -0.426 e. The quantitative estimate of drug-likeness (QED) is 0.494. The van der Waals surface area contributed by atoms with E-state index in [2.05, 4.69) is 0 Å². The third-order valence-electron chi connectivity index (χ3n) is 5.09. The Labute approximate surface area is 178 Å². The number of nitrogens with zero attached hydrogens (tertiary/aromatic N) is 1. The molecular weight excluding hydrogens is 408 g/mol. The van der Waals surface area contributed by atoms with Gasteiger partial charge in [0, 0.05) is 6.61 Å². The van der Waals surface area contributed by atoms with Crippen LogP contribution in [0.4, 0.5) is 8.78 Å². The molecule has 0 atom stereocenters. The van der Waals surface area contributed by atoms with Crippen molar-refractivity contribution in [3.05, 3.63) is 59.2 Å². The highest BCUT2D eigenvalue weighted by molar-refractivity contribution is 5.91. The molecule has 0 heterocycles. The number of carbonyl (C=O) groups excluding carboxylic acids is 2. The molecule has 0 amide bonds. The second-order valence-electron chi connectivity index (χ2n) is 7.11. The van der Waals surface area contributed by atoms with E-state index in [4.69, 9.17) is 19.5 Å². The maximum atomic E-state index is 13.9. The van der Waals surface area contributed by atoms with Crippen molar-refractivity contribution in [1.82, 2.24) is 0 Å². The lowest BCUT2D eigenvalue weighted by atomic mass is 9.87. The molecule has 0 spiro atoms. The minimum absolute atomic E-state index is 0.0567. The van der Waals surface area contributed by atoms with Crippen molar-refractivity contribution in [1.29, 1.82) is 5.26 Å². The molecule has 0 bridgehead atoms. The van der Waals surface area contributed by atoms with Gasteiger partial charge in [0.2, 0.25) is 5.82 Å². The molecule has 0 unspecified atom stereocenters. The molecule has 1 fully saturated rings. The molecule has 31 heavy (non-hydrogen) atoms. The van der Waals surface area contributed by atoms with E-state index in [0.29, 0.717) is 19.4 Å². The van der Waals surface area contributed by atoms with Gasteiger partial charge in [-0.3, -0.25) is 4.79 Å². The average molecular weight is 429 g/mol. The van der Waals surface area contributed by atoms with Crippen molar-refractivity contribution in [3.63, 3.8) is 0 Å². The number of benzene rings is 2. The SMILES string of the molecule is CCO[C@H]1CC[C@H](C(=O)Oc2ccc(C(=O)Oc3ccc(C#N)c(F)c3F)cc2)CC1. The molecule has 0 saturated heterocycles. The van der Waals surface area contributed by atoms with Crippen LogP contribution in [-0.4, -0.2) is 24.6 Å². The molecule has 6 nitrogen and oxygen atoms in total. The summed E-state index contributed by atoms with van der Waals surface area (Å²) in [6, 6.07) is 9.09. The fraction of sp³-hybridized carbons (Fsp3) is 0.348. The van der Waals surface area contributed by atoms with Crippen molar-refractivity contribution < 1.29 is 32.6 Å². The van der Waals surface area contributed by atoms with E-state index in [-0.39, 0.29) is 29.3 Å². The van der Waals surface area contributed by atoms with Crippen LogP contribution in [0.15, 0.2) is 36.4 Å². The van der Waals surface area contributed by atoms with Crippen LogP contribution in [0.5, 0.6) is 11.5 Å². The first-order valence-corrected chi connectivity index (χ1v) is 9.96. The summed E-state index contributed by atoms with van der Waals surface area (Å²) < 4.78 is 43.4. The first-order chi connectivity index (χ1) is 14.9. The lowest BCUT2D eigenvalue weighted by Crippen LogP contribution is -2.28. The molecule has 1 aliphatic carbocycles. The number of rotatable bonds is 6. The lowest BCUT2D eigenvalue weighted by Gasteiger charge is -2.26. The summed E-state index contributed by atoms with van der Waals surface area (Å²) in [4.78, 5) is 24.6. The van der Waals surface area contributed by atoms with E-state index >= 15 is 0 Å². The molecule has 162 valence electrons. The van der Waals surface area contributed by atoms with Crippen LogP contribution in [0.25, 0.3) is 0 Å². The Kier molecular flexibility index (Phi) is 7.32. The van der Waals surface area contributed by atoms with Crippen molar-refractivity contribution in [3.8, 4) is 17.6 Å². The molecule has 3 rings (SSSR count). The van der Waals surface area contributed by atoms with E-state index in [0.717, 1.165) is 25.0 Å². The van der Waals surface area contributed by atoms with Gasteiger partial charge in [-0.25, -0.2) is 9.18 Å². The highest BCUT2D eigenvalue weighted by Crippen LogP contribution is 2.28. The third-order valence-corrected chi connectivity index (χ3v) is 5.09. The van der Waals surface area contributed by atoms with E-state index in [1.165, 1.54) is 30.3 Å². The summed E-state index contributed by atoms with van der Waals surface area (Å²) in [5.41, 5.74) is -0.434. The zero-order valence-electron chi connectivity index (χ0n) is 16.9. The van der Waals surface area contributed by atoms with Crippen molar-refractivity contribution in [2.45, 2.75) is 38.7 Å². The first kappa shape index (κ1) is 22.4. The number of carbonyl (C=O) groups is 2. The van der Waals surface area contributed by atoms with Gasteiger partial charge in [0.05, 0.1) is 23.1 Å². The molecule has 2 aromatic carbocycles. The Balaban J connectivity index is 1.58. The smallest absolute Gasteiger partial charge is 0.343 e. The Hall–Kier alpha value is -3.31. The first-order valence-electron chi connectivity index (χ1n) is 9.96. The maximum Gasteiger partial charge on any atom is 0.343 e. The number of esters is 2. The van der Waals surface area contributed by atoms with Crippen molar-refractivity contribution in [2.75, 3.05) is 6.61 Å². The van der Waals surface area contributed by atoms with Gasteiger partial charge in [0.15, 0.2) is 11.6 Å². The topological polar surface area (TPSA) is 85.6 Å². The van der Waals surface area contributed by atoms with Crippen LogP contribution >= 0.6 is 0 Å². The van der Waals surface area contributed by atoms with Crippen LogP contribution in [0, 0.1) is 28.9 Å². The van der Waals surface area contributed by atoms with Crippen LogP contribution in [0.3, 0.4) is 0 Å². The highest BCUT2D eigenvalue weighted by Gasteiger charge is 2.28. The fourth-order valence-corrected chi connectivity index (χ4v) is 3.42. The van der Waals surface area contributed by atoms with Gasteiger partial charge < -0.3 is 14.2 Å². The number of ether oxygens (including phenoxy) is 3. The summed E-state index contributed by atoms with van der Waals surface area (Å²) in [6.07, 6.45) is 3.20. The number of hydrogen-bond donors (Lipinski definition) is 0. The summed E-state index contributed by atoms with van der Waals surface area (Å²) in [6.45, 7) is 2.60. The summed E-state index contributed by atoms with van der Waals surface area (Å²) in [5, 5.41) is 8.69. The lowest BCUT2D eigenvalue weighted by molar-refractivity contribution is -0.141. The third kappa shape index (κ3) is 5.44. The second kappa shape index (κ2) is 10.1. The van der Waals surface area contributed by atoms with E-state index in [9.17, 15) is 18.4 Å². The van der Waals surface area contributed by atoms with Crippen molar-refractivity contribution >= 4 is 11.9 Å². The Morgan fingerprint density at radius 3 is 2.29 bits per heavy atom. The molecule has 0 aliphatic heterocycles. The van der Waals surface area contributed by atoms with Gasteiger partial charge in [-0.2, -0.15) is 9.65 Å². The molecule has 0 N–H and O–H groups in total. The zero-order valence-corrected chi connectivity index (χ0v) is 16.9. The van der Waals surface area contributed by atoms with Crippen molar-refractivity contribution in [2.24, 2.45) is 5.92 Å². The van der Waals surface area contributed by atoms with Crippen LogP contribution in [0.1, 0.15) is 48.5 Å². The minimum atomic E-state index is -1.42. The van der Waals surface area contributed by atoms with Gasteiger partial charge in [-0.1, -0.05) is 0 Å². The predicted octanol–water partition coefficient (Wildman–Crippen LogP) is 4.56. The second-order valence-corrected chi connectivity index (χ2v) is 7.11. The predicted molar refractivity (Wildman–Crippen MR) is 105 cm³/mol. The molecule has 0 aromatic heterocycles. The molecule has 0 radical (unpaired) electrons. The summed E-state index contributed by atoms with van der Waals surface area (Å²) >= 11 is 0. The number of halogens is 2. The average Bonchev–Trinajstić information content (AvgIpc) is 2.78. The number of nitriles is 1.